The third-order valence-corrected chi connectivity index (χ3v) is 24.8. The van der Waals surface area contributed by atoms with E-state index in [1.807, 2.05) is 42.7 Å². The molecule has 0 amide bonds. The fourth-order valence-corrected chi connectivity index (χ4v) is 19.6. The van der Waals surface area contributed by atoms with E-state index in [-0.39, 0.29) is 0 Å². The zero-order valence-electron chi connectivity index (χ0n) is 28.0. The zero-order chi connectivity index (χ0) is 31.9. The lowest BCUT2D eigenvalue weighted by Crippen LogP contribution is -2.53. The van der Waals surface area contributed by atoms with Crippen molar-refractivity contribution in [3.05, 3.63) is 91.0 Å². The second-order valence-corrected chi connectivity index (χ2v) is 27.3. The molecule has 0 heterocycles. The molecular formula is C34H54O6Si4. The number of benzene rings is 3. The summed E-state index contributed by atoms with van der Waals surface area (Å²) in [6.07, 6.45) is 3.28. The van der Waals surface area contributed by atoms with Gasteiger partial charge in [0, 0.05) is 42.7 Å². The highest BCUT2D eigenvalue weighted by molar-refractivity contribution is 6.83. The predicted octanol–water partition coefficient (Wildman–Crippen LogP) is 6.16. The van der Waals surface area contributed by atoms with Crippen LogP contribution in [0.4, 0.5) is 0 Å². The van der Waals surface area contributed by atoms with E-state index in [0.29, 0.717) is 0 Å². The molecule has 0 aliphatic rings. The van der Waals surface area contributed by atoms with Crippen molar-refractivity contribution in [2.45, 2.75) is 62.1 Å². The van der Waals surface area contributed by atoms with E-state index >= 15 is 0 Å². The molecule has 3 rings (SSSR count). The average Bonchev–Trinajstić information content (AvgIpc) is 3.09. The standard InChI is InChI=1S/C34H54O6Si4/c1-35-42(36-2,32-20-11-8-12-21-32)29-17-26-41(7,27-18-30-43(37-3,38-4)33-22-13-9-14-23-33)28-19-31-44(39-5,40-6)34-24-15-10-16-25-34/h8-16,20-25H,17-19,26-31H2,1-7H3. The summed E-state index contributed by atoms with van der Waals surface area (Å²) in [6.45, 7) is 2.59. The molecule has 3 aromatic rings. The minimum atomic E-state index is -2.50. The first kappa shape index (κ1) is 36.8. The van der Waals surface area contributed by atoms with E-state index < -0.39 is 33.8 Å². The van der Waals surface area contributed by atoms with E-state index in [4.69, 9.17) is 26.6 Å². The molecule has 0 saturated heterocycles. The molecule has 0 fully saturated rings. The minimum Gasteiger partial charge on any atom is -0.394 e. The number of hydrogen-bond donors (Lipinski definition) is 0. The molecule has 6 nitrogen and oxygen atoms in total. The van der Waals surface area contributed by atoms with Crippen molar-refractivity contribution in [1.29, 1.82) is 0 Å². The first-order valence-corrected chi connectivity index (χ1v) is 25.0. The van der Waals surface area contributed by atoms with Gasteiger partial charge in [0.05, 0.1) is 8.07 Å². The van der Waals surface area contributed by atoms with Gasteiger partial charge >= 0.3 is 25.7 Å². The van der Waals surface area contributed by atoms with Gasteiger partial charge in [-0.05, 0) is 33.7 Å². The summed E-state index contributed by atoms with van der Waals surface area (Å²) in [7, 11) is 1.68. The van der Waals surface area contributed by atoms with Crippen LogP contribution in [0.3, 0.4) is 0 Å². The van der Waals surface area contributed by atoms with Crippen LogP contribution in [-0.2, 0) is 26.6 Å². The lowest BCUT2D eigenvalue weighted by Gasteiger charge is -2.34. The van der Waals surface area contributed by atoms with E-state index in [2.05, 4.69) is 97.5 Å². The molecule has 0 atom stereocenters. The number of hydrogen-bond acceptors (Lipinski definition) is 6. The van der Waals surface area contributed by atoms with Crippen LogP contribution >= 0.6 is 0 Å². The van der Waals surface area contributed by atoms with Gasteiger partial charge in [0.15, 0.2) is 0 Å². The Labute approximate surface area is 270 Å². The molecule has 10 heteroatoms. The van der Waals surface area contributed by atoms with Crippen LogP contribution in [0.2, 0.25) is 42.8 Å². The largest absolute Gasteiger partial charge is 0.394 e. The Morgan fingerprint density at radius 1 is 0.364 bits per heavy atom. The Morgan fingerprint density at radius 3 is 0.795 bits per heavy atom. The Balaban J connectivity index is 1.77. The first-order valence-electron chi connectivity index (χ1n) is 15.8. The van der Waals surface area contributed by atoms with Crippen molar-refractivity contribution in [2.75, 3.05) is 42.7 Å². The van der Waals surface area contributed by atoms with Crippen molar-refractivity contribution >= 4 is 49.3 Å². The van der Waals surface area contributed by atoms with Crippen LogP contribution in [0.15, 0.2) is 91.0 Å². The van der Waals surface area contributed by atoms with Crippen molar-refractivity contribution in [2.24, 2.45) is 0 Å². The smallest absolute Gasteiger partial charge is 0.371 e. The molecular weight excluding hydrogens is 617 g/mol. The third kappa shape index (κ3) is 9.18. The summed E-state index contributed by atoms with van der Waals surface area (Å²) in [4.78, 5) is 0. The van der Waals surface area contributed by atoms with Crippen molar-refractivity contribution < 1.29 is 26.6 Å². The van der Waals surface area contributed by atoms with Gasteiger partial charge in [-0.2, -0.15) is 0 Å². The zero-order valence-corrected chi connectivity index (χ0v) is 32.0. The van der Waals surface area contributed by atoms with Gasteiger partial charge in [-0.1, -0.05) is 135 Å². The van der Waals surface area contributed by atoms with Crippen molar-refractivity contribution in [1.82, 2.24) is 0 Å². The average molecular weight is 671 g/mol. The van der Waals surface area contributed by atoms with Gasteiger partial charge in [-0.25, -0.2) is 0 Å². The number of rotatable bonds is 21. The summed E-state index contributed by atoms with van der Waals surface area (Å²) in [6, 6.07) is 38.1. The Bertz CT molecular complexity index is 1040. The molecule has 3 aromatic carbocycles. The van der Waals surface area contributed by atoms with Gasteiger partial charge < -0.3 is 26.6 Å². The Hall–Kier alpha value is -1.71. The molecule has 0 saturated carbocycles. The molecule has 0 aliphatic carbocycles. The van der Waals surface area contributed by atoms with E-state index in [9.17, 15) is 0 Å². The van der Waals surface area contributed by atoms with E-state index in [0.717, 1.165) is 37.4 Å². The second kappa shape index (κ2) is 17.8. The maximum absolute atomic E-state index is 6.17. The van der Waals surface area contributed by atoms with Crippen LogP contribution in [0.1, 0.15) is 19.3 Å². The molecule has 0 aliphatic heterocycles. The Morgan fingerprint density at radius 2 is 0.591 bits per heavy atom. The summed E-state index contributed by atoms with van der Waals surface area (Å²) >= 11 is 0. The second-order valence-electron chi connectivity index (χ2n) is 12.0. The monoisotopic (exact) mass is 670 g/mol. The third-order valence-electron chi connectivity index (χ3n) is 9.48. The van der Waals surface area contributed by atoms with Crippen molar-refractivity contribution in [3.63, 3.8) is 0 Å². The van der Waals surface area contributed by atoms with Gasteiger partial charge in [-0.3, -0.25) is 0 Å². The van der Waals surface area contributed by atoms with Gasteiger partial charge in [0.2, 0.25) is 0 Å². The highest BCUT2D eigenvalue weighted by Gasteiger charge is 2.42. The van der Waals surface area contributed by atoms with Crippen LogP contribution in [0, 0.1) is 0 Å². The van der Waals surface area contributed by atoms with Crippen LogP contribution in [0.5, 0.6) is 0 Å². The summed E-state index contributed by atoms with van der Waals surface area (Å²) in [5.74, 6) is 0. The topological polar surface area (TPSA) is 55.4 Å². The molecule has 0 unspecified atom stereocenters. The van der Waals surface area contributed by atoms with Crippen LogP contribution in [0.25, 0.3) is 0 Å². The van der Waals surface area contributed by atoms with Gasteiger partial charge in [0.1, 0.15) is 0 Å². The van der Waals surface area contributed by atoms with Crippen LogP contribution < -0.4 is 15.6 Å². The first-order chi connectivity index (χ1) is 21.3. The maximum Gasteiger partial charge on any atom is 0.371 e. The summed E-state index contributed by atoms with van der Waals surface area (Å²) in [5, 5.41) is 3.60. The van der Waals surface area contributed by atoms with E-state index in [1.165, 1.54) is 33.7 Å². The fraction of sp³-hybridized carbons (Fsp3) is 0.471. The SMILES string of the molecule is CO[Si](CCC[Si](C)(CCC[Si](OC)(OC)c1ccccc1)CCC[Si](OC)(OC)c1ccccc1)(OC)c1ccccc1. The molecule has 0 N–H and O–H groups in total. The summed E-state index contributed by atoms with van der Waals surface area (Å²) < 4.78 is 37.0. The predicted molar refractivity (Wildman–Crippen MR) is 192 cm³/mol. The van der Waals surface area contributed by atoms with Gasteiger partial charge in [-0.15, -0.1) is 0 Å². The lowest BCUT2D eigenvalue weighted by molar-refractivity contribution is 0.256. The van der Waals surface area contributed by atoms with Crippen molar-refractivity contribution in [3.8, 4) is 0 Å². The van der Waals surface area contributed by atoms with Gasteiger partial charge in [0.25, 0.3) is 0 Å². The minimum absolute atomic E-state index is 0.949. The fourth-order valence-electron chi connectivity index (χ4n) is 6.70. The highest BCUT2D eigenvalue weighted by Crippen LogP contribution is 2.33. The molecule has 0 aromatic heterocycles. The molecule has 0 radical (unpaired) electrons. The maximum atomic E-state index is 6.17. The van der Waals surface area contributed by atoms with E-state index in [1.54, 1.807) is 0 Å². The molecule has 0 bridgehead atoms. The summed E-state index contributed by atoms with van der Waals surface area (Å²) in [5.41, 5.74) is 0. The highest BCUT2D eigenvalue weighted by atomic mass is 28.4. The molecule has 242 valence electrons. The van der Waals surface area contributed by atoms with Crippen LogP contribution in [-0.4, -0.2) is 76.4 Å². The normalized spacial score (nSPS) is 12.9. The molecule has 44 heavy (non-hydrogen) atoms. The Kier molecular flexibility index (Phi) is 14.9. The quantitative estimate of drug-likeness (QED) is 0.127. The lowest BCUT2D eigenvalue weighted by atomic mass is 10.4. The molecule has 0 spiro atoms.